The molecule has 0 aliphatic rings. The second-order valence-electron chi connectivity index (χ2n) is 7.62. The van der Waals surface area contributed by atoms with E-state index in [1.807, 2.05) is 44.2 Å². The minimum atomic E-state index is -0.903. The van der Waals surface area contributed by atoms with E-state index in [1.54, 1.807) is 14.2 Å². The Hall–Kier alpha value is -3.25. The molecule has 31 heavy (non-hydrogen) atoms. The lowest BCUT2D eigenvalue weighted by atomic mass is 10.1. The first-order valence-corrected chi connectivity index (χ1v) is 10.2. The molecule has 6 heteroatoms. The van der Waals surface area contributed by atoms with Crippen molar-refractivity contribution >= 4 is 5.97 Å². The highest BCUT2D eigenvalue weighted by molar-refractivity contribution is 5.91. The maximum absolute atomic E-state index is 12.1. The molecule has 3 rings (SSSR count). The van der Waals surface area contributed by atoms with Crippen molar-refractivity contribution in [3.05, 3.63) is 81.7 Å². The first kappa shape index (κ1) is 22.4. The second-order valence-corrected chi connectivity index (χ2v) is 7.62. The Morgan fingerprint density at radius 3 is 2.35 bits per heavy atom. The molecule has 2 aromatic carbocycles. The molecule has 0 radical (unpaired) electrons. The first-order chi connectivity index (χ1) is 14.9. The van der Waals surface area contributed by atoms with E-state index in [-0.39, 0.29) is 0 Å². The highest BCUT2D eigenvalue weighted by Gasteiger charge is 2.22. The number of aryl methyl sites for hydroxylation is 1. The van der Waals surface area contributed by atoms with Gasteiger partial charge in [-0.1, -0.05) is 24.3 Å². The van der Waals surface area contributed by atoms with E-state index in [2.05, 4.69) is 28.9 Å². The molecule has 164 valence electrons. The van der Waals surface area contributed by atoms with Crippen molar-refractivity contribution in [2.75, 3.05) is 14.2 Å². The van der Waals surface area contributed by atoms with Crippen LogP contribution in [-0.4, -0.2) is 29.9 Å². The van der Waals surface area contributed by atoms with Crippen molar-refractivity contribution < 1.29 is 19.4 Å². The Labute approximate surface area is 183 Å². The van der Waals surface area contributed by atoms with Gasteiger partial charge >= 0.3 is 5.97 Å². The predicted octanol–water partition coefficient (Wildman–Crippen LogP) is 4.47. The molecule has 2 N–H and O–H groups in total. The van der Waals surface area contributed by atoms with E-state index >= 15 is 0 Å². The van der Waals surface area contributed by atoms with Crippen LogP contribution in [0.5, 0.6) is 11.5 Å². The zero-order valence-electron chi connectivity index (χ0n) is 18.8. The third-order valence-electron chi connectivity index (χ3n) is 5.82. The van der Waals surface area contributed by atoms with Gasteiger partial charge in [-0.15, -0.1) is 0 Å². The molecule has 0 amide bonds. The van der Waals surface area contributed by atoms with Crippen LogP contribution in [0.1, 0.15) is 44.0 Å². The van der Waals surface area contributed by atoms with Gasteiger partial charge in [-0.3, -0.25) is 0 Å². The lowest BCUT2D eigenvalue weighted by Gasteiger charge is -2.13. The van der Waals surface area contributed by atoms with Gasteiger partial charge in [-0.05, 0) is 50.1 Å². The molecule has 1 aromatic heterocycles. The molecular weight excluding hydrogens is 392 g/mol. The summed E-state index contributed by atoms with van der Waals surface area (Å²) in [7, 11) is 3.26. The topological polar surface area (TPSA) is 72.7 Å². The summed E-state index contributed by atoms with van der Waals surface area (Å²) >= 11 is 0. The Kier molecular flexibility index (Phi) is 7.02. The summed E-state index contributed by atoms with van der Waals surface area (Å²) in [6, 6.07) is 13.8. The van der Waals surface area contributed by atoms with E-state index in [9.17, 15) is 9.90 Å². The summed E-state index contributed by atoms with van der Waals surface area (Å²) in [5, 5.41) is 13.3. The number of carbonyl (C=O) groups is 1. The van der Waals surface area contributed by atoms with Gasteiger partial charge in [0.1, 0.15) is 11.5 Å². The predicted molar refractivity (Wildman–Crippen MR) is 121 cm³/mol. The lowest BCUT2D eigenvalue weighted by Crippen LogP contribution is -2.16. The number of aromatic nitrogens is 1. The van der Waals surface area contributed by atoms with Crippen molar-refractivity contribution in [3.63, 3.8) is 0 Å². The molecule has 3 aromatic rings. The summed E-state index contributed by atoms with van der Waals surface area (Å²) in [6.07, 6.45) is 0. The van der Waals surface area contributed by atoms with Crippen molar-refractivity contribution in [2.24, 2.45) is 0 Å². The van der Waals surface area contributed by atoms with E-state index < -0.39 is 5.97 Å². The standard InChI is InChI=1S/C25H30N2O4/c1-16-8-6-7-9-19(16)15-27-17(2)22(24(18(27)3)25(28)29)14-26-13-20-12-21(30-4)10-11-23(20)31-5/h6-12,26H,13-15H2,1-5H3,(H,28,29). The normalized spacial score (nSPS) is 10.9. The van der Waals surface area contributed by atoms with Crippen LogP contribution in [0.3, 0.4) is 0 Å². The van der Waals surface area contributed by atoms with Gasteiger partial charge in [-0.2, -0.15) is 0 Å². The molecule has 1 heterocycles. The number of benzene rings is 2. The molecule has 0 aliphatic carbocycles. The van der Waals surface area contributed by atoms with Gasteiger partial charge in [0.15, 0.2) is 0 Å². The van der Waals surface area contributed by atoms with Gasteiger partial charge in [0, 0.05) is 42.1 Å². The number of rotatable bonds is 9. The number of carboxylic acid groups (broad SMARTS) is 1. The number of aromatic carboxylic acids is 1. The van der Waals surface area contributed by atoms with E-state index in [1.165, 1.54) is 11.1 Å². The monoisotopic (exact) mass is 422 g/mol. The number of nitrogens with zero attached hydrogens (tertiary/aromatic N) is 1. The number of nitrogens with one attached hydrogen (secondary N) is 1. The third kappa shape index (κ3) is 4.75. The van der Waals surface area contributed by atoms with Crippen molar-refractivity contribution in [2.45, 2.75) is 40.4 Å². The van der Waals surface area contributed by atoms with Crippen LogP contribution >= 0.6 is 0 Å². The van der Waals surface area contributed by atoms with E-state index in [4.69, 9.17) is 9.47 Å². The Bertz CT molecular complexity index is 1090. The van der Waals surface area contributed by atoms with Gasteiger partial charge in [0.2, 0.25) is 0 Å². The molecule has 6 nitrogen and oxygen atoms in total. The fourth-order valence-electron chi connectivity index (χ4n) is 3.99. The summed E-state index contributed by atoms with van der Waals surface area (Å²) in [5.74, 6) is 0.608. The molecule has 0 saturated carbocycles. The molecule has 0 spiro atoms. The zero-order valence-corrected chi connectivity index (χ0v) is 18.8. The average Bonchev–Trinajstić information content (AvgIpc) is 2.99. The number of hydrogen-bond donors (Lipinski definition) is 2. The van der Waals surface area contributed by atoms with Crippen molar-refractivity contribution in [3.8, 4) is 11.5 Å². The number of hydrogen-bond acceptors (Lipinski definition) is 4. The summed E-state index contributed by atoms with van der Waals surface area (Å²) in [5.41, 5.74) is 6.23. The molecule has 0 aliphatic heterocycles. The average molecular weight is 423 g/mol. The van der Waals surface area contributed by atoms with Crippen LogP contribution in [0.2, 0.25) is 0 Å². The van der Waals surface area contributed by atoms with Gasteiger partial charge < -0.3 is 24.5 Å². The Morgan fingerprint density at radius 2 is 1.71 bits per heavy atom. The number of methoxy groups -OCH3 is 2. The Balaban J connectivity index is 1.86. The maximum atomic E-state index is 12.1. The van der Waals surface area contributed by atoms with E-state index in [0.29, 0.717) is 25.2 Å². The van der Waals surface area contributed by atoms with Gasteiger partial charge in [0.05, 0.1) is 19.8 Å². The fourth-order valence-corrected chi connectivity index (χ4v) is 3.99. The van der Waals surface area contributed by atoms with Crippen molar-refractivity contribution in [1.29, 1.82) is 0 Å². The Morgan fingerprint density at radius 1 is 0.968 bits per heavy atom. The van der Waals surface area contributed by atoms with Crippen LogP contribution in [0, 0.1) is 20.8 Å². The number of carboxylic acids is 1. The van der Waals surface area contributed by atoms with Crippen LogP contribution in [0.25, 0.3) is 0 Å². The second kappa shape index (κ2) is 9.71. The minimum Gasteiger partial charge on any atom is -0.497 e. The highest BCUT2D eigenvalue weighted by Crippen LogP contribution is 2.26. The quantitative estimate of drug-likeness (QED) is 0.532. The van der Waals surface area contributed by atoms with Gasteiger partial charge in [0.25, 0.3) is 0 Å². The molecule has 0 bridgehead atoms. The fraction of sp³-hybridized carbons (Fsp3) is 0.320. The van der Waals surface area contributed by atoms with Crippen LogP contribution in [0.15, 0.2) is 42.5 Å². The summed E-state index contributed by atoms with van der Waals surface area (Å²) in [4.78, 5) is 12.1. The summed E-state index contributed by atoms with van der Waals surface area (Å²) in [6.45, 7) is 7.56. The highest BCUT2D eigenvalue weighted by atomic mass is 16.5. The molecular formula is C25H30N2O4. The minimum absolute atomic E-state index is 0.371. The summed E-state index contributed by atoms with van der Waals surface area (Å²) < 4.78 is 12.8. The largest absolute Gasteiger partial charge is 0.497 e. The third-order valence-corrected chi connectivity index (χ3v) is 5.82. The van der Waals surface area contributed by atoms with E-state index in [0.717, 1.165) is 34.0 Å². The maximum Gasteiger partial charge on any atom is 0.337 e. The van der Waals surface area contributed by atoms with Crippen LogP contribution < -0.4 is 14.8 Å². The van der Waals surface area contributed by atoms with Crippen LogP contribution in [0.4, 0.5) is 0 Å². The molecule has 0 saturated heterocycles. The van der Waals surface area contributed by atoms with Crippen molar-refractivity contribution in [1.82, 2.24) is 9.88 Å². The molecule has 0 unspecified atom stereocenters. The van der Waals surface area contributed by atoms with Crippen LogP contribution in [-0.2, 0) is 19.6 Å². The van der Waals surface area contributed by atoms with Gasteiger partial charge in [-0.25, -0.2) is 4.79 Å². The lowest BCUT2D eigenvalue weighted by molar-refractivity contribution is 0.0694. The number of ether oxygens (including phenoxy) is 2. The first-order valence-electron chi connectivity index (χ1n) is 10.2. The smallest absolute Gasteiger partial charge is 0.337 e. The SMILES string of the molecule is COc1ccc(OC)c(CNCc2c(C(=O)O)c(C)n(Cc3ccccc3C)c2C)c1. The molecule has 0 fully saturated rings. The zero-order chi connectivity index (χ0) is 22.5. The molecule has 0 atom stereocenters.